The van der Waals surface area contributed by atoms with Crippen molar-refractivity contribution in [3.05, 3.63) is 57.6 Å². The van der Waals surface area contributed by atoms with Crippen LogP contribution < -0.4 is 9.47 Å². The molecule has 0 radical (unpaired) electrons. The minimum absolute atomic E-state index is 0.321. The fourth-order valence-corrected chi connectivity index (χ4v) is 2.81. The molecule has 3 rings (SSSR count). The van der Waals surface area contributed by atoms with Gasteiger partial charge in [0.25, 0.3) is 0 Å². The summed E-state index contributed by atoms with van der Waals surface area (Å²) in [5, 5.41) is 1.14. The Kier molecular flexibility index (Phi) is 4.64. The normalized spacial score (nSPS) is 15.7. The van der Waals surface area contributed by atoms with Crippen LogP contribution in [0.15, 0.2) is 36.4 Å². The number of hydrogen-bond acceptors (Lipinski definition) is 4. The van der Waals surface area contributed by atoms with Crippen molar-refractivity contribution in [1.82, 2.24) is 0 Å². The Morgan fingerprint density at radius 2 is 2.09 bits per heavy atom. The highest BCUT2D eigenvalue weighted by Crippen LogP contribution is 2.37. The van der Waals surface area contributed by atoms with E-state index in [0.717, 1.165) is 11.1 Å². The molecule has 0 bridgehead atoms. The van der Waals surface area contributed by atoms with Gasteiger partial charge in [-0.1, -0.05) is 29.3 Å². The van der Waals surface area contributed by atoms with Gasteiger partial charge in [-0.25, -0.2) is 0 Å². The van der Waals surface area contributed by atoms with E-state index in [-0.39, 0.29) is 12.1 Å². The molecule has 0 spiro atoms. The summed E-state index contributed by atoms with van der Waals surface area (Å²) >= 11 is 12.0. The number of halogens is 2. The highest BCUT2D eigenvalue weighted by molar-refractivity contribution is 6.35. The van der Waals surface area contributed by atoms with Crippen molar-refractivity contribution in [2.75, 3.05) is 6.61 Å². The van der Waals surface area contributed by atoms with E-state index in [1.54, 1.807) is 18.2 Å². The third-order valence-electron chi connectivity index (χ3n) is 3.44. The second-order valence-corrected chi connectivity index (χ2v) is 5.98. The van der Waals surface area contributed by atoms with Gasteiger partial charge in [0, 0.05) is 34.2 Å². The highest BCUT2D eigenvalue weighted by Gasteiger charge is 2.27. The van der Waals surface area contributed by atoms with Crippen molar-refractivity contribution in [2.45, 2.75) is 19.6 Å². The number of hydrogen-bond donors (Lipinski definition) is 0. The molecule has 1 atom stereocenters. The van der Waals surface area contributed by atoms with Crippen LogP contribution in [0.5, 0.6) is 11.5 Å². The number of carbonyl (C=O) groups excluding carboxylic acids is 1. The van der Waals surface area contributed by atoms with E-state index in [1.807, 2.05) is 18.2 Å². The minimum atomic E-state index is -0.359. The van der Waals surface area contributed by atoms with Crippen LogP contribution in [0.2, 0.25) is 10.0 Å². The van der Waals surface area contributed by atoms with Gasteiger partial charge in [0.15, 0.2) is 6.10 Å². The van der Waals surface area contributed by atoms with Crippen LogP contribution in [0.1, 0.15) is 24.2 Å². The van der Waals surface area contributed by atoms with Gasteiger partial charge in [-0.3, -0.25) is 4.79 Å². The maximum absolute atomic E-state index is 11.1. The molecule has 1 aliphatic rings. The van der Waals surface area contributed by atoms with Crippen molar-refractivity contribution in [3.63, 3.8) is 0 Å². The quantitative estimate of drug-likeness (QED) is 0.756. The van der Waals surface area contributed by atoms with E-state index in [9.17, 15) is 4.79 Å². The molecule has 0 aliphatic carbocycles. The summed E-state index contributed by atoms with van der Waals surface area (Å²) in [6.45, 7) is 2.02. The highest BCUT2D eigenvalue weighted by atomic mass is 35.5. The lowest BCUT2D eigenvalue weighted by atomic mass is 10.1. The molecule has 0 fully saturated rings. The number of carbonyl (C=O) groups is 1. The summed E-state index contributed by atoms with van der Waals surface area (Å²) in [5.41, 5.74) is 1.69. The zero-order valence-electron chi connectivity index (χ0n) is 12.3. The SMILES string of the molecule is CC(=O)O[C@@H]1COc2cc(OCc3ccc(Cl)cc3Cl)ccc21. The monoisotopic (exact) mass is 352 g/mol. The zero-order valence-corrected chi connectivity index (χ0v) is 13.9. The summed E-state index contributed by atoms with van der Waals surface area (Å²) < 4.78 is 16.5. The first kappa shape index (κ1) is 16.0. The standard InChI is InChI=1S/C17H14Cl2O4/c1-10(20)23-17-9-22-16-7-13(4-5-14(16)17)21-8-11-2-3-12(18)6-15(11)19/h2-7,17H,8-9H2,1H3/t17-/m1/s1. The van der Waals surface area contributed by atoms with Gasteiger partial charge in [0.05, 0.1) is 0 Å². The molecular formula is C17H14Cl2O4. The van der Waals surface area contributed by atoms with Crippen LogP contribution in [0.4, 0.5) is 0 Å². The molecule has 4 nitrogen and oxygen atoms in total. The van der Waals surface area contributed by atoms with Gasteiger partial charge in [-0.2, -0.15) is 0 Å². The Bertz CT molecular complexity index is 745. The van der Waals surface area contributed by atoms with E-state index in [1.165, 1.54) is 6.92 Å². The third kappa shape index (κ3) is 3.71. The smallest absolute Gasteiger partial charge is 0.303 e. The van der Waals surface area contributed by atoms with Crippen molar-refractivity contribution < 1.29 is 19.0 Å². The molecule has 1 aliphatic heterocycles. The van der Waals surface area contributed by atoms with Gasteiger partial charge >= 0.3 is 5.97 Å². The van der Waals surface area contributed by atoms with Crippen molar-refractivity contribution in [1.29, 1.82) is 0 Å². The summed E-state index contributed by atoms with van der Waals surface area (Å²) in [7, 11) is 0. The molecule has 0 aromatic heterocycles. The number of ether oxygens (including phenoxy) is 3. The molecule has 23 heavy (non-hydrogen) atoms. The molecule has 0 saturated carbocycles. The average molecular weight is 353 g/mol. The van der Waals surface area contributed by atoms with Crippen LogP contribution >= 0.6 is 23.2 Å². The van der Waals surface area contributed by atoms with E-state index < -0.39 is 0 Å². The number of fused-ring (bicyclic) bond motifs is 1. The lowest BCUT2D eigenvalue weighted by Gasteiger charge is -2.10. The Morgan fingerprint density at radius 1 is 1.26 bits per heavy atom. The number of benzene rings is 2. The lowest BCUT2D eigenvalue weighted by molar-refractivity contribution is -0.147. The second-order valence-electron chi connectivity index (χ2n) is 5.13. The van der Waals surface area contributed by atoms with Gasteiger partial charge in [0.2, 0.25) is 0 Å². The van der Waals surface area contributed by atoms with Gasteiger partial charge in [-0.05, 0) is 24.3 Å². The molecule has 2 aromatic rings. The summed E-state index contributed by atoms with van der Waals surface area (Å²) in [4.78, 5) is 11.1. The van der Waals surface area contributed by atoms with Crippen LogP contribution in [-0.2, 0) is 16.1 Å². The van der Waals surface area contributed by atoms with E-state index in [0.29, 0.717) is 34.8 Å². The van der Waals surface area contributed by atoms with Crippen LogP contribution in [0.25, 0.3) is 0 Å². The molecule has 0 unspecified atom stereocenters. The van der Waals surface area contributed by atoms with Crippen molar-refractivity contribution in [3.8, 4) is 11.5 Å². The van der Waals surface area contributed by atoms with Gasteiger partial charge in [0.1, 0.15) is 24.7 Å². The third-order valence-corrected chi connectivity index (χ3v) is 4.03. The predicted molar refractivity (Wildman–Crippen MR) is 87.2 cm³/mol. The molecular weight excluding hydrogens is 339 g/mol. The Balaban J connectivity index is 1.69. The van der Waals surface area contributed by atoms with E-state index in [4.69, 9.17) is 37.4 Å². The topological polar surface area (TPSA) is 44.8 Å². The lowest BCUT2D eigenvalue weighted by Crippen LogP contribution is -2.09. The maximum atomic E-state index is 11.1. The van der Waals surface area contributed by atoms with Gasteiger partial charge in [-0.15, -0.1) is 0 Å². The predicted octanol–water partition coefficient (Wildman–Crippen LogP) is 4.57. The number of esters is 1. The Labute approximate surface area is 143 Å². The minimum Gasteiger partial charge on any atom is -0.489 e. The molecule has 0 amide bonds. The van der Waals surface area contributed by atoms with E-state index >= 15 is 0 Å². The molecule has 0 saturated heterocycles. The largest absolute Gasteiger partial charge is 0.489 e. The first-order valence-electron chi connectivity index (χ1n) is 7.03. The molecule has 0 N–H and O–H groups in total. The fraction of sp³-hybridized carbons (Fsp3) is 0.235. The Morgan fingerprint density at radius 3 is 2.83 bits per heavy atom. The van der Waals surface area contributed by atoms with Gasteiger partial charge < -0.3 is 14.2 Å². The molecule has 6 heteroatoms. The van der Waals surface area contributed by atoms with Crippen LogP contribution in [-0.4, -0.2) is 12.6 Å². The summed E-state index contributed by atoms with van der Waals surface area (Å²) in [6.07, 6.45) is -0.359. The molecule has 2 aromatic carbocycles. The Hall–Kier alpha value is -1.91. The zero-order chi connectivity index (χ0) is 16.4. The van der Waals surface area contributed by atoms with Crippen molar-refractivity contribution >= 4 is 29.2 Å². The van der Waals surface area contributed by atoms with Crippen molar-refractivity contribution in [2.24, 2.45) is 0 Å². The van der Waals surface area contributed by atoms with Crippen LogP contribution in [0.3, 0.4) is 0 Å². The fourth-order valence-electron chi connectivity index (χ4n) is 2.35. The maximum Gasteiger partial charge on any atom is 0.303 e. The molecule has 120 valence electrons. The first-order chi connectivity index (χ1) is 11.0. The van der Waals surface area contributed by atoms with E-state index in [2.05, 4.69) is 0 Å². The summed E-state index contributed by atoms with van der Waals surface area (Å²) in [6, 6.07) is 10.7. The average Bonchev–Trinajstić information content (AvgIpc) is 2.88. The number of rotatable bonds is 4. The molecule has 1 heterocycles. The first-order valence-corrected chi connectivity index (χ1v) is 7.79. The summed E-state index contributed by atoms with van der Waals surface area (Å²) in [5.74, 6) is 0.985. The van der Waals surface area contributed by atoms with Crippen LogP contribution in [0, 0.1) is 0 Å². The second kappa shape index (κ2) is 6.69.